The molecule has 0 fully saturated rings. The van der Waals surface area contributed by atoms with E-state index in [1.165, 1.54) is 0 Å². The molecule has 0 unspecified atom stereocenters. The monoisotopic (exact) mass is 241 g/mol. The van der Waals surface area contributed by atoms with Gasteiger partial charge in [-0.15, -0.1) is 0 Å². The topological polar surface area (TPSA) is 49.0 Å². The van der Waals surface area contributed by atoms with Gasteiger partial charge in [0.15, 0.2) is 11.5 Å². The van der Waals surface area contributed by atoms with Crippen LogP contribution in [0.3, 0.4) is 0 Å². The van der Waals surface area contributed by atoms with Crippen molar-refractivity contribution in [3.8, 4) is 23.0 Å². The molecule has 5 nitrogen and oxygen atoms in total. The molecule has 17 heavy (non-hydrogen) atoms. The van der Waals surface area contributed by atoms with Gasteiger partial charge in [0.2, 0.25) is 11.5 Å². The number of nitrogens with one attached hydrogen (secondary N) is 1. The molecule has 0 saturated carbocycles. The average Bonchev–Trinajstić information content (AvgIpc) is 2.37. The van der Waals surface area contributed by atoms with Gasteiger partial charge >= 0.3 is 0 Å². The second-order valence-electron chi connectivity index (χ2n) is 3.26. The molecule has 5 heteroatoms. The van der Waals surface area contributed by atoms with Gasteiger partial charge in [-0.25, -0.2) is 0 Å². The van der Waals surface area contributed by atoms with E-state index in [9.17, 15) is 0 Å². The summed E-state index contributed by atoms with van der Waals surface area (Å²) in [6, 6.07) is 1.82. The summed E-state index contributed by atoms with van der Waals surface area (Å²) >= 11 is 0. The SMILES string of the molecule is CCNc1cc(OC)c(OC)c(OC)c1OC. The van der Waals surface area contributed by atoms with Crippen LogP contribution in [0.25, 0.3) is 0 Å². The van der Waals surface area contributed by atoms with Gasteiger partial charge in [-0.1, -0.05) is 0 Å². The first kappa shape index (κ1) is 13.3. The van der Waals surface area contributed by atoms with Gasteiger partial charge in [-0.2, -0.15) is 0 Å². The van der Waals surface area contributed by atoms with E-state index >= 15 is 0 Å². The maximum atomic E-state index is 5.34. The van der Waals surface area contributed by atoms with Crippen molar-refractivity contribution in [3.05, 3.63) is 6.07 Å². The molecule has 0 amide bonds. The number of rotatable bonds is 6. The van der Waals surface area contributed by atoms with Gasteiger partial charge in [0, 0.05) is 12.6 Å². The van der Waals surface area contributed by atoms with Crippen molar-refractivity contribution in [2.75, 3.05) is 40.3 Å². The quantitative estimate of drug-likeness (QED) is 0.827. The van der Waals surface area contributed by atoms with E-state index in [0.29, 0.717) is 23.0 Å². The highest BCUT2D eigenvalue weighted by Gasteiger charge is 2.20. The average molecular weight is 241 g/mol. The molecule has 0 aliphatic rings. The lowest BCUT2D eigenvalue weighted by atomic mass is 10.2. The van der Waals surface area contributed by atoms with Crippen molar-refractivity contribution in [1.29, 1.82) is 0 Å². The van der Waals surface area contributed by atoms with Crippen LogP contribution in [0.4, 0.5) is 5.69 Å². The van der Waals surface area contributed by atoms with Crippen LogP contribution in [0.2, 0.25) is 0 Å². The molecular weight excluding hydrogens is 222 g/mol. The summed E-state index contributed by atoms with van der Waals surface area (Å²) in [6.45, 7) is 2.78. The Morgan fingerprint density at radius 3 is 1.88 bits per heavy atom. The van der Waals surface area contributed by atoms with Gasteiger partial charge in [0.25, 0.3) is 0 Å². The number of hydrogen-bond acceptors (Lipinski definition) is 5. The third-order valence-corrected chi connectivity index (χ3v) is 2.36. The standard InChI is InChI=1S/C12H19NO4/c1-6-13-8-7-9(14-2)11(16-4)12(17-5)10(8)15-3/h7,13H,6H2,1-5H3. The van der Waals surface area contributed by atoms with Crippen LogP contribution in [0, 0.1) is 0 Å². The Bertz CT molecular complexity index is 379. The highest BCUT2D eigenvalue weighted by molar-refractivity contribution is 5.73. The van der Waals surface area contributed by atoms with Crippen LogP contribution >= 0.6 is 0 Å². The van der Waals surface area contributed by atoms with Crippen LogP contribution in [0.5, 0.6) is 23.0 Å². The summed E-state index contributed by atoms with van der Waals surface area (Å²) in [6.07, 6.45) is 0. The zero-order chi connectivity index (χ0) is 12.8. The van der Waals surface area contributed by atoms with Crippen LogP contribution < -0.4 is 24.3 Å². The van der Waals surface area contributed by atoms with Gasteiger partial charge in [-0.05, 0) is 6.92 Å². The molecule has 0 radical (unpaired) electrons. The molecule has 0 saturated heterocycles. The van der Waals surface area contributed by atoms with Crippen molar-refractivity contribution in [2.24, 2.45) is 0 Å². The number of ether oxygens (including phenoxy) is 4. The fourth-order valence-corrected chi connectivity index (χ4v) is 1.65. The summed E-state index contributed by atoms with van der Waals surface area (Å²) in [7, 11) is 6.30. The lowest BCUT2D eigenvalue weighted by Gasteiger charge is -2.18. The second-order valence-corrected chi connectivity index (χ2v) is 3.26. The molecular formula is C12H19NO4. The van der Waals surface area contributed by atoms with Crippen LogP contribution in [0.15, 0.2) is 6.07 Å². The Kier molecular flexibility index (Phi) is 4.75. The molecule has 96 valence electrons. The van der Waals surface area contributed by atoms with E-state index < -0.39 is 0 Å². The zero-order valence-electron chi connectivity index (χ0n) is 10.9. The Morgan fingerprint density at radius 2 is 1.47 bits per heavy atom. The van der Waals surface area contributed by atoms with E-state index in [0.717, 1.165) is 12.2 Å². The summed E-state index contributed by atoms with van der Waals surface area (Å²) < 4.78 is 21.2. The van der Waals surface area contributed by atoms with E-state index in [1.807, 2.05) is 13.0 Å². The van der Waals surface area contributed by atoms with E-state index in [2.05, 4.69) is 5.32 Å². The van der Waals surface area contributed by atoms with Crippen LogP contribution in [0.1, 0.15) is 6.92 Å². The van der Waals surface area contributed by atoms with Gasteiger partial charge < -0.3 is 24.3 Å². The van der Waals surface area contributed by atoms with Crippen molar-refractivity contribution in [1.82, 2.24) is 0 Å². The molecule has 1 N–H and O–H groups in total. The fourth-order valence-electron chi connectivity index (χ4n) is 1.65. The number of anilines is 1. The predicted octanol–water partition coefficient (Wildman–Crippen LogP) is 2.15. The molecule has 1 aromatic carbocycles. The largest absolute Gasteiger partial charge is 0.493 e. The number of methoxy groups -OCH3 is 4. The lowest BCUT2D eigenvalue weighted by Crippen LogP contribution is -2.04. The smallest absolute Gasteiger partial charge is 0.209 e. The van der Waals surface area contributed by atoms with Crippen molar-refractivity contribution in [2.45, 2.75) is 6.92 Å². The van der Waals surface area contributed by atoms with Crippen LogP contribution in [-0.4, -0.2) is 35.0 Å². The second kappa shape index (κ2) is 6.08. The first-order valence-corrected chi connectivity index (χ1v) is 5.34. The molecule has 0 aliphatic heterocycles. The Balaban J connectivity index is 3.42. The van der Waals surface area contributed by atoms with Crippen LogP contribution in [-0.2, 0) is 0 Å². The van der Waals surface area contributed by atoms with E-state index in [4.69, 9.17) is 18.9 Å². The Labute approximate surface area is 102 Å². The minimum Gasteiger partial charge on any atom is -0.493 e. The van der Waals surface area contributed by atoms with Gasteiger partial charge in [-0.3, -0.25) is 0 Å². The van der Waals surface area contributed by atoms with Crippen molar-refractivity contribution < 1.29 is 18.9 Å². The molecule has 0 atom stereocenters. The van der Waals surface area contributed by atoms with E-state index in [-0.39, 0.29) is 0 Å². The highest BCUT2D eigenvalue weighted by Crippen LogP contribution is 2.48. The van der Waals surface area contributed by atoms with Crippen molar-refractivity contribution >= 4 is 5.69 Å². The first-order valence-electron chi connectivity index (χ1n) is 5.34. The van der Waals surface area contributed by atoms with E-state index in [1.54, 1.807) is 28.4 Å². The third-order valence-electron chi connectivity index (χ3n) is 2.36. The minimum absolute atomic E-state index is 0.519. The Hall–Kier alpha value is -1.78. The minimum atomic E-state index is 0.519. The summed E-state index contributed by atoms with van der Waals surface area (Å²) in [5.41, 5.74) is 0.810. The van der Waals surface area contributed by atoms with Crippen molar-refractivity contribution in [3.63, 3.8) is 0 Å². The highest BCUT2D eigenvalue weighted by atomic mass is 16.5. The fraction of sp³-hybridized carbons (Fsp3) is 0.500. The molecule has 0 spiro atoms. The summed E-state index contributed by atoms with van der Waals surface area (Å²) in [5, 5.41) is 3.19. The first-order chi connectivity index (χ1) is 8.23. The summed E-state index contributed by atoms with van der Waals surface area (Å²) in [4.78, 5) is 0. The maximum absolute atomic E-state index is 5.34. The maximum Gasteiger partial charge on any atom is 0.209 e. The molecule has 1 rings (SSSR count). The van der Waals surface area contributed by atoms with Gasteiger partial charge in [0.1, 0.15) is 0 Å². The molecule has 0 heterocycles. The van der Waals surface area contributed by atoms with Gasteiger partial charge in [0.05, 0.1) is 34.1 Å². The zero-order valence-corrected chi connectivity index (χ0v) is 10.9. The summed E-state index contributed by atoms with van der Waals surface area (Å²) in [5.74, 6) is 2.24. The molecule has 1 aromatic rings. The third kappa shape index (κ3) is 2.49. The number of hydrogen-bond donors (Lipinski definition) is 1. The number of benzene rings is 1. The molecule has 0 aliphatic carbocycles. The molecule has 0 bridgehead atoms. The lowest BCUT2D eigenvalue weighted by molar-refractivity contribution is 0.306. The normalized spacial score (nSPS) is 9.71. The Morgan fingerprint density at radius 1 is 0.882 bits per heavy atom. The molecule has 0 aromatic heterocycles. The predicted molar refractivity (Wildman–Crippen MR) is 66.8 cm³/mol.